The van der Waals surface area contributed by atoms with Crippen molar-refractivity contribution in [1.82, 2.24) is 15.5 Å². The van der Waals surface area contributed by atoms with Crippen LogP contribution in [0.3, 0.4) is 0 Å². The Morgan fingerprint density at radius 3 is 2.81 bits per heavy atom. The second kappa shape index (κ2) is 4.76. The van der Waals surface area contributed by atoms with Crippen molar-refractivity contribution >= 4 is 15.9 Å². The van der Waals surface area contributed by atoms with E-state index in [1.807, 2.05) is 38.2 Å². The van der Waals surface area contributed by atoms with E-state index in [0.717, 1.165) is 10.0 Å². The third-order valence-corrected chi connectivity index (χ3v) is 3.06. The van der Waals surface area contributed by atoms with Crippen LogP contribution in [-0.4, -0.2) is 17.2 Å². The van der Waals surface area contributed by atoms with Crippen molar-refractivity contribution in [3.8, 4) is 11.5 Å². The molecule has 0 saturated heterocycles. The molecule has 0 aliphatic rings. The first kappa shape index (κ1) is 11.3. The lowest BCUT2D eigenvalue weighted by atomic mass is 10.2. The highest BCUT2D eigenvalue weighted by molar-refractivity contribution is 9.10. The van der Waals surface area contributed by atoms with Crippen LogP contribution in [0.2, 0.25) is 0 Å². The Morgan fingerprint density at radius 1 is 1.38 bits per heavy atom. The maximum Gasteiger partial charge on any atom is 0.259 e. The fourth-order valence-corrected chi connectivity index (χ4v) is 1.74. The lowest BCUT2D eigenvalue weighted by molar-refractivity contribution is 0.413. The molecule has 1 heterocycles. The quantitative estimate of drug-likeness (QED) is 0.940. The molecule has 1 atom stereocenters. The maximum atomic E-state index is 5.22. The zero-order chi connectivity index (χ0) is 11.5. The third kappa shape index (κ3) is 2.15. The van der Waals surface area contributed by atoms with Crippen molar-refractivity contribution in [1.29, 1.82) is 0 Å². The molecular weight excluding hydrogens is 270 g/mol. The van der Waals surface area contributed by atoms with E-state index in [0.29, 0.717) is 11.7 Å². The number of hydrogen-bond donors (Lipinski definition) is 1. The lowest BCUT2D eigenvalue weighted by Crippen LogP contribution is -2.13. The van der Waals surface area contributed by atoms with Gasteiger partial charge in [0.15, 0.2) is 5.82 Å². The fourth-order valence-electron chi connectivity index (χ4n) is 1.28. The summed E-state index contributed by atoms with van der Waals surface area (Å²) < 4.78 is 6.17. The van der Waals surface area contributed by atoms with E-state index in [9.17, 15) is 0 Å². The topological polar surface area (TPSA) is 51.0 Å². The van der Waals surface area contributed by atoms with Crippen LogP contribution in [0.1, 0.15) is 18.8 Å². The van der Waals surface area contributed by atoms with Crippen LogP contribution in [0.25, 0.3) is 11.5 Å². The Morgan fingerprint density at radius 2 is 2.12 bits per heavy atom. The van der Waals surface area contributed by atoms with E-state index < -0.39 is 0 Å². The SMILES string of the molecule is CNC(C)c1noc(-c2ccccc2Br)n1. The number of hydrogen-bond acceptors (Lipinski definition) is 4. The second-order valence-electron chi connectivity index (χ2n) is 3.45. The van der Waals surface area contributed by atoms with Crippen LogP contribution in [0.15, 0.2) is 33.3 Å². The normalized spacial score (nSPS) is 12.7. The molecule has 0 spiro atoms. The number of nitrogens with one attached hydrogen (secondary N) is 1. The van der Waals surface area contributed by atoms with Gasteiger partial charge in [-0.05, 0) is 42.0 Å². The van der Waals surface area contributed by atoms with E-state index in [-0.39, 0.29) is 6.04 Å². The summed E-state index contributed by atoms with van der Waals surface area (Å²) in [6.07, 6.45) is 0. The first-order valence-electron chi connectivity index (χ1n) is 4.98. The molecule has 1 unspecified atom stereocenters. The van der Waals surface area contributed by atoms with Crippen molar-refractivity contribution in [3.63, 3.8) is 0 Å². The van der Waals surface area contributed by atoms with Crippen molar-refractivity contribution < 1.29 is 4.52 Å². The predicted molar refractivity (Wildman–Crippen MR) is 64.9 cm³/mol. The first-order chi connectivity index (χ1) is 7.72. The molecule has 1 aromatic carbocycles. The van der Waals surface area contributed by atoms with Crippen molar-refractivity contribution in [2.45, 2.75) is 13.0 Å². The Bertz CT molecular complexity index is 484. The number of nitrogens with zero attached hydrogens (tertiary/aromatic N) is 2. The van der Waals surface area contributed by atoms with E-state index >= 15 is 0 Å². The van der Waals surface area contributed by atoms with Crippen LogP contribution >= 0.6 is 15.9 Å². The molecule has 84 valence electrons. The minimum absolute atomic E-state index is 0.0833. The largest absolute Gasteiger partial charge is 0.334 e. The number of benzene rings is 1. The van der Waals surface area contributed by atoms with Gasteiger partial charge in [0, 0.05) is 4.47 Å². The van der Waals surface area contributed by atoms with Crippen molar-refractivity contribution in [2.75, 3.05) is 7.05 Å². The molecule has 2 rings (SSSR count). The number of halogens is 1. The van der Waals surface area contributed by atoms with Crippen molar-refractivity contribution in [3.05, 3.63) is 34.6 Å². The first-order valence-corrected chi connectivity index (χ1v) is 5.77. The Kier molecular flexibility index (Phi) is 3.36. The van der Waals surface area contributed by atoms with Gasteiger partial charge in [0.05, 0.1) is 11.6 Å². The van der Waals surface area contributed by atoms with Gasteiger partial charge < -0.3 is 9.84 Å². The van der Waals surface area contributed by atoms with Gasteiger partial charge in [-0.2, -0.15) is 4.98 Å². The molecule has 0 aliphatic carbocycles. The van der Waals surface area contributed by atoms with Gasteiger partial charge in [-0.25, -0.2) is 0 Å². The zero-order valence-corrected chi connectivity index (χ0v) is 10.7. The molecule has 0 amide bonds. The van der Waals surface area contributed by atoms with Gasteiger partial charge in [0.1, 0.15) is 0 Å². The summed E-state index contributed by atoms with van der Waals surface area (Å²) in [5, 5.41) is 7.00. The molecule has 0 bridgehead atoms. The molecule has 0 aliphatic heterocycles. The summed E-state index contributed by atoms with van der Waals surface area (Å²) >= 11 is 3.45. The van der Waals surface area contributed by atoms with Gasteiger partial charge in [-0.1, -0.05) is 17.3 Å². The standard InChI is InChI=1S/C11H12BrN3O/c1-7(13-2)10-14-11(16-15-10)8-5-3-4-6-9(8)12/h3-7,13H,1-2H3. The van der Waals surface area contributed by atoms with Gasteiger partial charge in [0.2, 0.25) is 0 Å². The van der Waals surface area contributed by atoms with Crippen LogP contribution in [0.5, 0.6) is 0 Å². The summed E-state index contributed by atoms with van der Waals surface area (Å²) in [5.74, 6) is 1.19. The summed E-state index contributed by atoms with van der Waals surface area (Å²) in [5.41, 5.74) is 0.907. The zero-order valence-electron chi connectivity index (χ0n) is 9.07. The lowest BCUT2D eigenvalue weighted by Gasteiger charge is -2.01. The van der Waals surface area contributed by atoms with Crippen molar-refractivity contribution in [2.24, 2.45) is 0 Å². The molecule has 1 aromatic heterocycles. The molecular formula is C11H12BrN3O. The average Bonchev–Trinajstić information content (AvgIpc) is 2.78. The monoisotopic (exact) mass is 281 g/mol. The van der Waals surface area contributed by atoms with Gasteiger partial charge in [-0.15, -0.1) is 0 Å². The molecule has 5 heteroatoms. The Hall–Kier alpha value is -1.20. The molecule has 0 saturated carbocycles. The second-order valence-corrected chi connectivity index (χ2v) is 4.30. The minimum atomic E-state index is 0.0833. The van der Waals surface area contributed by atoms with Gasteiger partial charge in [0.25, 0.3) is 5.89 Å². The number of aromatic nitrogens is 2. The minimum Gasteiger partial charge on any atom is -0.334 e. The van der Waals surface area contributed by atoms with E-state index in [1.54, 1.807) is 0 Å². The predicted octanol–water partition coefficient (Wildman–Crippen LogP) is 2.78. The summed E-state index contributed by atoms with van der Waals surface area (Å²) in [6.45, 7) is 1.98. The molecule has 1 N–H and O–H groups in total. The molecule has 4 nitrogen and oxygen atoms in total. The average molecular weight is 282 g/mol. The maximum absolute atomic E-state index is 5.22. The molecule has 0 radical (unpaired) electrons. The van der Waals surface area contributed by atoms with Crippen LogP contribution in [0, 0.1) is 0 Å². The summed E-state index contributed by atoms with van der Waals surface area (Å²) in [6, 6.07) is 7.85. The number of rotatable bonds is 3. The van der Waals surface area contributed by atoms with Gasteiger partial charge in [-0.3, -0.25) is 0 Å². The van der Waals surface area contributed by atoms with Crippen LogP contribution in [-0.2, 0) is 0 Å². The highest BCUT2D eigenvalue weighted by Gasteiger charge is 2.14. The Balaban J connectivity index is 2.35. The molecule has 0 fully saturated rings. The summed E-state index contributed by atoms with van der Waals surface area (Å²) in [7, 11) is 1.86. The molecule has 2 aromatic rings. The van der Waals surface area contributed by atoms with Gasteiger partial charge >= 0.3 is 0 Å². The van der Waals surface area contributed by atoms with Crippen LogP contribution < -0.4 is 5.32 Å². The third-order valence-electron chi connectivity index (χ3n) is 2.37. The van der Waals surface area contributed by atoms with E-state index in [2.05, 4.69) is 31.4 Å². The molecule has 16 heavy (non-hydrogen) atoms. The van der Waals surface area contributed by atoms with Crippen LogP contribution in [0.4, 0.5) is 0 Å². The fraction of sp³-hybridized carbons (Fsp3) is 0.273. The van der Waals surface area contributed by atoms with E-state index in [1.165, 1.54) is 0 Å². The smallest absolute Gasteiger partial charge is 0.259 e. The Labute approximate surface area is 102 Å². The highest BCUT2D eigenvalue weighted by atomic mass is 79.9. The highest BCUT2D eigenvalue weighted by Crippen LogP contribution is 2.26. The summed E-state index contributed by atoms with van der Waals surface area (Å²) in [4.78, 5) is 4.34. The van der Waals surface area contributed by atoms with E-state index in [4.69, 9.17) is 4.52 Å².